The number of ether oxygens (including phenoxy) is 2. The number of para-hydroxylation sites is 1. The summed E-state index contributed by atoms with van der Waals surface area (Å²) in [5, 5.41) is 0.847. The average Bonchev–Trinajstić information content (AvgIpc) is 3.15. The van der Waals surface area contributed by atoms with Gasteiger partial charge in [0, 0.05) is 7.05 Å². The van der Waals surface area contributed by atoms with Crippen LogP contribution in [-0.2, 0) is 14.3 Å². The van der Waals surface area contributed by atoms with Crippen molar-refractivity contribution in [2.45, 2.75) is 26.3 Å². The fourth-order valence-corrected chi connectivity index (χ4v) is 3.79. The number of carbonyl (C=O) groups is 2. The van der Waals surface area contributed by atoms with Crippen molar-refractivity contribution in [2.24, 2.45) is 0 Å². The summed E-state index contributed by atoms with van der Waals surface area (Å²) in [7, 11) is 1.69. The van der Waals surface area contributed by atoms with E-state index in [1.807, 2.05) is 62.4 Å². The molecule has 0 spiro atoms. The maximum absolute atomic E-state index is 12.4. The first kappa shape index (κ1) is 20.8. The number of aryl methyl sites for hydroxylation is 1. The van der Waals surface area contributed by atoms with Crippen LogP contribution in [0.3, 0.4) is 0 Å². The summed E-state index contributed by atoms with van der Waals surface area (Å²) in [6.45, 7) is 3.79. The van der Waals surface area contributed by atoms with Gasteiger partial charge in [0.2, 0.25) is 0 Å². The average molecular weight is 413 g/mol. The molecule has 0 aliphatic carbocycles. The Hall–Kier alpha value is -2.93. The lowest BCUT2D eigenvalue weighted by molar-refractivity contribution is -0.152. The first-order chi connectivity index (χ1) is 13.9. The number of thiazole rings is 1. The highest BCUT2D eigenvalue weighted by Gasteiger charge is 2.21. The van der Waals surface area contributed by atoms with Crippen LogP contribution in [0, 0.1) is 6.92 Å². The number of aromatic nitrogens is 1. The fraction of sp³-hybridized carbons (Fsp3) is 0.318. The normalized spacial score (nSPS) is 11.8. The summed E-state index contributed by atoms with van der Waals surface area (Å²) in [4.78, 5) is 30.4. The van der Waals surface area contributed by atoms with Gasteiger partial charge in [-0.3, -0.25) is 9.59 Å². The number of esters is 1. The smallest absolute Gasteiger partial charge is 0.309 e. The predicted molar refractivity (Wildman–Crippen MR) is 113 cm³/mol. The molecule has 152 valence electrons. The van der Waals surface area contributed by atoms with E-state index in [0.717, 1.165) is 20.8 Å². The zero-order chi connectivity index (χ0) is 20.8. The van der Waals surface area contributed by atoms with E-state index in [1.165, 1.54) is 0 Å². The highest BCUT2D eigenvalue weighted by atomic mass is 32.1. The molecule has 0 saturated heterocycles. The summed E-state index contributed by atoms with van der Waals surface area (Å²) in [6, 6.07) is 15.2. The van der Waals surface area contributed by atoms with Crippen molar-refractivity contribution in [1.29, 1.82) is 0 Å². The van der Waals surface area contributed by atoms with Crippen LogP contribution >= 0.6 is 11.3 Å². The number of carbonyl (C=O) groups excluding carboxylic acids is 2. The second kappa shape index (κ2) is 9.52. The minimum Gasteiger partial charge on any atom is -0.493 e. The number of benzene rings is 2. The molecule has 3 aromatic rings. The number of amides is 1. The van der Waals surface area contributed by atoms with Gasteiger partial charge in [0.05, 0.1) is 29.3 Å². The maximum Gasteiger partial charge on any atom is 0.309 e. The summed E-state index contributed by atoms with van der Waals surface area (Å²) >= 11 is 1.56. The van der Waals surface area contributed by atoms with E-state index in [0.29, 0.717) is 5.75 Å². The van der Waals surface area contributed by atoms with E-state index in [4.69, 9.17) is 9.47 Å². The SMILES string of the molecule is Cc1cccc(OCCC(=O)OCC(=O)N(C)[C@H](C)c2nc3ccccc3s2)c1. The molecule has 1 aromatic heterocycles. The summed E-state index contributed by atoms with van der Waals surface area (Å²) in [6.07, 6.45) is 0.0817. The van der Waals surface area contributed by atoms with Gasteiger partial charge in [-0.2, -0.15) is 0 Å². The van der Waals surface area contributed by atoms with E-state index >= 15 is 0 Å². The molecule has 1 amide bonds. The minimum atomic E-state index is -0.466. The van der Waals surface area contributed by atoms with E-state index in [2.05, 4.69) is 4.98 Å². The topological polar surface area (TPSA) is 68.7 Å². The highest BCUT2D eigenvalue weighted by molar-refractivity contribution is 7.18. The van der Waals surface area contributed by atoms with Crippen LogP contribution in [0.1, 0.15) is 30.0 Å². The van der Waals surface area contributed by atoms with Crippen molar-refractivity contribution in [3.05, 3.63) is 59.1 Å². The molecule has 1 heterocycles. The lowest BCUT2D eigenvalue weighted by atomic mass is 10.2. The van der Waals surface area contributed by atoms with Crippen LogP contribution in [0.4, 0.5) is 0 Å². The van der Waals surface area contributed by atoms with Crippen molar-refractivity contribution >= 4 is 33.4 Å². The number of hydrogen-bond donors (Lipinski definition) is 0. The molecule has 6 nitrogen and oxygen atoms in total. The van der Waals surface area contributed by atoms with Gasteiger partial charge >= 0.3 is 5.97 Å². The molecule has 2 aromatic carbocycles. The van der Waals surface area contributed by atoms with E-state index < -0.39 is 5.97 Å². The number of likely N-dealkylation sites (N-methyl/N-ethyl adjacent to an activating group) is 1. The van der Waals surface area contributed by atoms with Crippen LogP contribution < -0.4 is 4.74 Å². The summed E-state index contributed by atoms with van der Waals surface area (Å²) in [5.74, 6) is -0.0324. The second-order valence-corrected chi connectivity index (χ2v) is 7.84. The Kier molecular flexibility index (Phi) is 6.82. The second-order valence-electron chi connectivity index (χ2n) is 6.78. The Bertz CT molecular complexity index is 968. The monoisotopic (exact) mass is 412 g/mol. The van der Waals surface area contributed by atoms with Crippen molar-refractivity contribution < 1.29 is 19.1 Å². The van der Waals surface area contributed by atoms with Gasteiger partial charge in [-0.05, 0) is 43.7 Å². The molecule has 3 rings (SSSR count). The zero-order valence-electron chi connectivity index (χ0n) is 16.8. The van der Waals surface area contributed by atoms with Gasteiger partial charge in [0.15, 0.2) is 6.61 Å². The molecule has 0 unspecified atom stereocenters. The molecule has 0 radical (unpaired) electrons. The summed E-state index contributed by atoms with van der Waals surface area (Å²) in [5.41, 5.74) is 2.00. The van der Waals surface area contributed by atoms with E-state index in [9.17, 15) is 9.59 Å². The molecule has 1 atom stereocenters. The molecular formula is C22H24N2O4S. The first-order valence-electron chi connectivity index (χ1n) is 9.40. The van der Waals surface area contributed by atoms with Crippen LogP contribution in [0.15, 0.2) is 48.5 Å². The number of hydrogen-bond acceptors (Lipinski definition) is 6. The molecule has 0 aliphatic heterocycles. The Morgan fingerprint density at radius 2 is 1.97 bits per heavy atom. The highest BCUT2D eigenvalue weighted by Crippen LogP contribution is 2.28. The molecule has 0 N–H and O–H groups in total. The Balaban J connectivity index is 1.44. The maximum atomic E-state index is 12.4. The van der Waals surface area contributed by atoms with Gasteiger partial charge in [-0.15, -0.1) is 11.3 Å². The van der Waals surface area contributed by atoms with Crippen LogP contribution in [0.2, 0.25) is 0 Å². The van der Waals surface area contributed by atoms with Crippen molar-refractivity contribution in [3.63, 3.8) is 0 Å². The summed E-state index contributed by atoms with van der Waals surface area (Å²) < 4.78 is 11.7. The van der Waals surface area contributed by atoms with Crippen molar-refractivity contribution in [3.8, 4) is 5.75 Å². The zero-order valence-corrected chi connectivity index (χ0v) is 17.6. The molecule has 29 heavy (non-hydrogen) atoms. The lowest BCUT2D eigenvalue weighted by Crippen LogP contribution is -2.33. The van der Waals surface area contributed by atoms with Crippen LogP contribution in [0.5, 0.6) is 5.75 Å². The largest absolute Gasteiger partial charge is 0.493 e. The quantitative estimate of drug-likeness (QED) is 0.520. The van der Waals surface area contributed by atoms with Crippen LogP contribution in [-0.4, -0.2) is 42.0 Å². The van der Waals surface area contributed by atoms with Gasteiger partial charge in [0.25, 0.3) is 5.91 Å². The van der Waals surface area contributed by atoms with Gasteiger partial charge in [-0.25, -0.2) is 4.98 Å². The van der Waals surface area contributed by atoms with E-state index in [-0.39, 0.29) is 31.6 Å². The van der Waals surface area contributed by atoms with Crippen molar-refractivity contribution in [2.75, 3.05) is 20.3 Å². The number of rotatable bonds is 8. The fourth-order valence-electron chi connectivity index (χ4n) is 2.72. The molecule has 0 aliphatic rings. The van der Waals surface area contributed by atoms with E-state index in [1.54, 1.807) is 23.3 Å². The molecule has 0 fully saturated rings. The van der Waals surface area contributed by atoms with Crippen molar-refractivity contribution in [1.82, 2.24) is 9.88 Å². The Morgan fingerprint density at radius 1 is 1.17 bits per heavy atom. The molecule has 0 saturated carbocycles. The van der Waals surface area contributed by atoms with Gasteiger partial charge < -0.3 is 14.4 Å². The lowest BCUT2D eigenvalue weighted by Gasteiger charge is -2.23. The van der Waals surface area contributed by atoms with Crippen LogP contribution in [0.25, 0.3) is 10.2 Å². The molecule has 0 bridgehead atoms. The first-order valence-corrected chi connectivity index (χ1v) is 10.2. The minimum absolute atomic E-state index is 0.0817. The third-order valence-corrected chi connectivity index (χ3v) is 5.77. The molecule has 7 heteroatoms. The number of fused-ring (bicyclic) bond motifs is 1. The Morgan fingerprint density at radius 3 is 2.72 bits per heavy atom. The number of nitrogens with zero attached hydrogens (tertiary/aromatic N) is 2. The third-order valence-electron chi connectivity index (χ3n) is 4.56. The molecular weight excluding hydrogens is 388 g/mol. The van der Waals surface area contributed by atoms with Gasteiger partial charge in [0.1, 0.15) is 10.8 Å². The standard InChI is InChI=1S/C22H24N2O4S/c1-15-7-6-8-17(13-15)27-12-11-21(26)28-14-20(25)24(3)16(2)22-23-18-9-4-5-10-19(18)29-22/h4-10,13,16H,11-12,14H2,1-3H3/t16-/m1/s1. The predicted octanol–water partition coefficient (Wildman–Crippen LogP) is 4.14. The third kappa shape index (κ3) is 5.54. The van der Waals surface area contributed by atoms with Gasteiger partial charge in [-0.1, -0.05) is 24.3 Å². The Labute approximate surface area is 174 Å².